The van der Waals surface area contributed by atoms with Gasteiger partial charge in [0.2, 0.25) is 0 Å². The number of hydrogen-bond acceptors (Lipinski definition) is 14. The second-order valence-electron chi connectivity index (χ2n) is 13.3. The second kappa shape index (κ2) is 13.2. The Balaban J connectivity index is 1.18. The minimum Gasteiger partial charge on any atom is -0.268 e. The van der Waals surface area contributed by atoms with Crippen molar-refractivity contribution in [2.75, 3.05) is 9.80 Å². The number of non-ortho nitro benzene ring substituents is 4. The van der Waals surface area contributed by atoms with Crippen LogP contribution < -0.4 is 9.80 Å². The van der Waals surface area contributed by atoms with E-state index in [1.54, 1.807) is 60.7 Å². The Hall–Kier alpha value is -9.20. The first-order valence-corrected chi connectivity index (χ1v) is 17.4. The third-order valence-electron chi connectivity index (χ3n) is 10.1. The third-order valence-corrected chi connectivity index (χ3v) is 10.1. The number of benzene rings is 5. The van der Waals surface area contributed by atoms with Crippen LogP contribution in [0.5, 0.6) is 0 Å². The number of aromatic nitrogens is 2. The molecule has 60 heavy (non-hydrogen) atoms. The Morgan fingerprint density at radius 2 is 0.750 bits per heavy atom. The van der Waals surface area contributed by atoms with Crippen LogP contribution in [-0.2, 0) is 0 Å². The fourth-order valence-corrected chi connectivity index (χ4v) is 7.48. The minimum atomic E-state index is -1.00. The summed E-state index contributed by atoms with van der Waals surface area (Å²) >= 11 is 0. The number of fused-ring (bicyclic) bond motifs is 6. The number of nitrogens with zero attached hydrogens (tertiary/aromatic N) is 8. The highest BCUT2D eigenvalue weighted by Crippen LogP contribution is 2.44. The van der Waals surface area contributed by atoms with E-state index in [2.05, 4.69) is 9.97 Å². The number of carbonyl (C=O) groups excluding carboxylic acids is 4. The molecule has 0 spiro atoms. The van der Waals surface area contributed by atoms with Crippen molar-refractivity contribution >= 4 is 79.6 Å². The van der Waals surface area contributed by atoms with Crippen LogP contribution in [0.3, 0.4) is 0 Å². The van der Waals surface area contributed by atoms with Gasteiger partial charge < -0.3 is 0 Å². The zero-order valence-corrected chi connectivity index (χ0v) is 29.9. The molecule has 2 aromatic heterocycles. The first-order chi connectivity index (χ1) is 28.8. The van der Waals surface area contributed by atoms with E-state index in [-0.39, 0.29) is 66.8 Å². The van der Waals surface area contributed by atoms with E-state index in [4.69, 9.17) is 0 Å². The van der Waals surface area contributed by atoms with Crippen LogP contribution in [-0.4, -0.2) is 53.3 Å². The molecule has 7 aromatic rings. The van der Waals surface area contributed by atoms with Crippen LogP contribution in [0.25, 0.3) is 44.3 Å². The molecule has 0 saturated heterocycles. The van der Waals surface area contributed by atoms with Gasteiger partial charge in [-0.25, -0.2) is 19.8 Å². The molecule has 0 N–H and O–H groups in total. The molecule has 0 bridgehead atoms. The summed E-state index contributed by atoms with van der Waals surface area (Å²) in [6.45, 7) is 0. The molecular weight excluding hydrogens is 784 g/mol. The topological polar surface area (TPSA) is 273 Å². The van der Waals surface area contributed by atoms with Crippen molar-refractivity contribution in [2.45, 2.75) is 0 Å². The van der Waals surface area contributed by atoms with Crippen molar-refractivity contribution in [2.24, 2.45) is 0 Å². The molecule has 2 aliphatic rings. The lowest BCUT2D eigenvalue weighted by Crippen LogP contribution is -2.31. The number of nitro benzene ring substituents is 4. The summed E-state index contributed by atoms with van der Waals surface area (Å²) in [5, 5.41) is 47.3. The van der Waals surface area contributed by atoms with Gasteiger partial charge in [0.05, 0.1) is 76.8 Å². The molecular formula is C40H18N8O12. The van der Waals surface area contributed by atoms with Crippen LogP contribution in [0.2, 0.25) is 0 Å². The Bertz CT molecular complexity index is 2980. The molecule has 0 unspecified atom stereocenters. The molecule has 0 radical (unpaired) electrons. The maximum atomic E-state index is 14.3. The maximum absolute atomic E-state index is 14.3. The highest BCUT2D eigenvalue weighted by molar-refractivity contribution is 6.40. The molecule has 0 saturated carbocycles. The van der Waals surface area contributed by atoms with Crippen molar-refractivity contribution in [3.8, 4) is 22.5 Å². The molecule has 290 valence electrons. The average Bonchev–Trinajstić information content (AvgIpc) is 3.67. The number of carbonyl (C=O) groups is 4. The fourth-order valence-electron chi connectivity index (χ4n) is 7.48. The maximum Gasteiger partial charge on any atom is 0.302 e. The van der Waals surface area contributed by atoms with Gasteiger partial charge >= 0.3 is 11.4 Å². The van der Waals surface area contributed by atoms with Crippen LogP contribution in [0, 0.1) is 40.5 Å². The fraction of sp³-hybridized carbons (Fsp3) is 0. The van der Waals surface area contributed by atoms with Crippen molar-refractivity contribution in [3.05, 3.63) is 172 Å². The van der Waals surface area contributed by atoms with Crippen LogP contribution in [0.15, 0.2) is 109 Å². The van der Waals surface area contributed by atoms with Gasteiger partial charge in [-0.2, -0.15) is 0 Å². The van der Waals surface area contributed by atoms with E-state index in [0.29, 0.717) is 23.3 Å². The second-order valence-corrected chi connectivity index (χ2v) is 13.3. The first-order valence-electron chi connectivity index (χ1n) is 17.4. The lowest BCUT2D eigenvalue weighted by Gasteiger charge is -2.17. The molecule has 4 amide bonds. The van der Waals surface area contributed by atoms with Gasteiger partial charge in [-0.05, 0) is 24.3 Å². The molecule has 2 aliphatic heterocycles. The van der Waals surface area contributed by atoms with Gasteiger partial charge in [-0.15, -0.1) is 0 Å². The quantitative estimate of drug-likeness (QED) is 0.0825. The Morgan fingerprint density at radius 3 is 1.07 bits per heavy atom. The SMILES string of the molecule is O=C1c2c(-c3ccccc3)nc3c([N+](=O)[O-])cc([N+](=O)[O-])cc3c2C(=O)N1c1ccc(N2C(=O)c3c(-c4ccccc4)nc4c([N+](=O)[O-])cc([N+](=O)[O-])cc4c3C2=O)cc1. The molecule has 9 rings (SSSR count). The average molecular weight is 803 g/mol. The molecule has 20 heteroatoms. The van der Waals surface area contributed by atoms with E-state index in [0.717, 1.165) is 21.9 Å². The van der Waals surface area contributed by atoms with E-state index in [1.165, 1.54) is 24.3 Å². The number of hydrogen-bond donors (Lipinski definition) is 0. The number of rotatable bonds is 8. The monoisotopic (exact) mass is 802 g/mol. The predicted molar refractivity (Wildman–Crippen MR) is 210 cm³/mol. The summed E-state index contributed by atoms with van der Waals surface area (Å²) in [7, 11) is 0. The molecule has 0 fully saturated rings. The van der Waals surface area contributed by atoms with E-state index >= 15 is 0 Å². The number of amides is 4. The lowest BCUT2D eigenvalue weighted by atomic mass is 9.97. The standard InChI is InChI=1S/C40H18N8O12/c49-37-29-25-15-23(45(53)54)17-27(47(57)58)35(25)41-33(19-7-3-1-4-8-19)31(29)39(51)43(37)21-11-13-22(14-12-21)44-38(50)30-26-16-24(46(55)56)18-28(48(59)60)36(26)42-34(32(30)40(44)52)20-9-5-2-6-10-20/h1-18H. The van der Waals surface area contributed by atoms with Gasteiger partial charge in [0, 0.05) is 34.0 Å². The molecule has 0 aliphatic carbocycles. The van der Waals surface area contributed by atoms with E-state index < -0.39 is 66.1 Å². The van der Waals surface area contributed by atoms with Crippen molar-refractivity contribution < 1.29 is 38.9 Å². The molecule has 5 aromatic carbocycles. The Labute approximate surface area is 332 Å². The third kappa shape index (κ3) is 5.32. The van der Waals surface area contributed by atoms with Crippen LogP contribution >= 0.6 is 0 Å². The van der Waals surface area contributed by atoms with Gasteiger partial charge in [0.1, 0.15) is 11.0 Å². The zero-order chi connectivity index (χ0) is 42.3. The normalized spacial score (nSPS) is 13.3. The number of pyridine rings is 2. The van der Waals surface area contributed by atoms with E-state index in [1.807, 2.05) is 0 Å². The van der Waals surface area contributed by atoms with Gasteiger partial charge in [0.25, 0.3) is 35.0 Å². The largest absolute Gasteiger partial charge is 0.302 e. The molecule has 20 nitrogen and oxygen atoms in total. The van der Waals surface area contributed by atoms with Crippen molar-refractivity contribution in [3.63, 3.8) is 0 Å². The first kappa shape index (κ1) is 36.4. The lowest BCUT2D eigenvalue weighted by molar-refractivity contribution is -0.393. The summed E-state index contributed by atoms with van der Waals surface area (Å²) in [5.41, 5.74) is -4.86. The highest BCUT2D eigenvalue weighted by atomic mass is 16.6. The highest BCUT2D eigenvalue weighted by Gasteiger charge is 2.45. The molecule has 0 atom stereocenters. The summed E-state index contributed by atoms with van der Waals surface area (Å²) in [6.07, 6.45) is 0. The van der Waals surface area contributed by atoms with E-state index in [9.17, 15) is 59.6 Å². The van der Waals surface area contributed by atoms with Crippen LogP contribution in [0.4, 0.5) is 34.1 Å². The minimum absolute atomic E-state index is 0.100. The Morgan fingerprint density at radius 1 is 0.417 bits per heavy atom. The van der Waals surface area contributed by atoms with Gasteiger partial charge in [-0.3, -0.25) is 59.6 Å². The summed E-state index contributed by atoms with van der Waals surface area (Å²) in [4.78, 5) is 112. The molecule has 4 heterocycles. The number of anilines is 2. The Kier molecular flexibility index (Phi) is 8.01. The predicted octanol–water partition coefficient (Wildman–Crippen LogP) is 7.35. The summed E-state index contributed by atoms with van der Waals surface area (Å²) < 4.78 is 0. The number of nitro groups is 4. The van der Waals surface area contributed by atoms with Crippen molar-refractivity contribution in [1.29, 1.82) is 0 Å². The summed E-state index contributed by atoms with van der Waals surface area (Å²) in [6, 6.07) is 24.2. The smallest absolute Gasteiger partial charge is 0.268 e. The van der Waals surface area contributed by atoms with Crippen molar-refractivity contribution in [1.82, 2.24) is 9.97 Å². The van der Waals surface area contributed by atoms with Crippen LogP contribution in [0.1, 0.15) is 41.4 Å². The number of imide groups is 2. The van der Waals surface area contributed by atoms with Gasteiger partial charge in [0.15, 0.2) is 0 Å². The zero-order valence-electron chi connectivity index (χ0n) is 29.9. The summed E-state index contributed by atoms with van der Waals surface area (Å²) in [5.74, 6) is -3.87. The van der Waals surface area contributed by atoms with Gasteiger partial charge in [-0.1, -0.05) is 60.7 Å².